The number of hydrogen-bond donors (Lipinski definition) is 1. The fraction of sp³-hybridized carbons (Fsp3) is 0.944. The van der Waals surface area contributed by atoms with Gasteiger partial charge in [-0.05, 0) is 18.8 Å². The third kappa shape index (κ3) is 9.76. The maximum Gasteiger partial charge on any atom is 0.229 e. The highest BCUT2D eigenvalue weighted by Crippen LogP contribution is 2.32. The van der Waals surface area contributed by atoms with Crippen LogP contribution < -0.4 is 0 Å². The van der Waals surface area contributed by atoms with E-state index in [1.807, 2.05) is 6.92 Å². The van der Waals surface area contributed by atoms with Crippen molar-refractivity contribution in [1.82, 2.24) is 0 Å². The second-order valence-electron chi connectivity index (χ2n) is 7.05. The van der Waals surface area contributed by atoms with E-state index >= 15 is 0 Å². The highest BCUT2D eigenvalue weighted by atomic mass is 16.5. The molecule has 21 heavy (non-hydrogen) atoms. The van der Waals surface area contributed by atoms with E-state index in [0.29, 0.717) is 12.5 Å². The van der Waals surface area contributed by atoms with Crippen LogP contribution in [-0.4, -0.2) is 17.7 Å². The van der Waals surface area contributed by atoms with Crippen molar-refractivity contribution in [1.29, 1.82) is 0 Å². The Morgan fingerprint density at radius 1 is 0.952 bits per heavy atom. The second-order valence-corrected chi connectivity index (χ2v) is 7.05. The van der Waals surface area contributed by atoms with Gasteiger partial charge in [-0.3, -0.25) is 0 Å². The van der Waals surface area contributed by atoms with Crippen molar-refractivity contribution in [2.24, 2.45) is 16.5 Å². The van der Waals surface area contributed by atoms with Crippen LogP contribution in [0.5, 0.6) is 0 Å². The quantitative estimate of drug-likeness (QED) is 0.167. The molecule has 0 heterocycles. The van der Waals surface area contributed by atoms with Crippen molar-refractivity contribution < 1.29 is 9.94 Å². The SMILES string of the molecule is CCCCCCCCCCC(C(=NO)OCC)C(C)(C)C. The van der Waals surface area contributed by atoms with Gasteiger partial charge in [-0.2, -0.15) is 0 Å². The summed E-state index contributed by atoms with van der Waals surface area (Å²) in [5.74, 6) is 0.704. The summed E-state index contributed by atoms with van der Waals surface area (Å²) in [5.41, 5.74) is 0.0673. The van der Waals surface area contributed by atoms with Gasteiger partial charge in [0, 0.05) is 5.92 Å². The Balaban J connectivity index is 4.04. The number of ether oxygens (including phenoxy) is 1. The van der Waals surface area contributed by atoms with Crippen molar-refractivity contribution in [3.05, 3.63) is 0 Å². The van der Waals surface area contributed by atoms with E-state index in [2.05, 4.69) is 32.9 Å². The van der Waals surface area contributed by atoms with Gasteiger partial charge in [0.25, 0.3) is 0 Å². The van der Waals surface area contributed by atoms with Crippen molar-refractivity contribution in [3.8, 4) is 0 Å². The Hall–Kier alpha value is -0.730. The molecule has 0 fully saturated rings. The molecule has 0 aliphatic heterocycles. The number of nitrogens with zero attached hydrogens (tertiary/aromatic N) is 1. The number of oxime groups is 1. The average Bonchev–Trinajstić information content (AvgIpc) is 2.42. The molecule has 1 atom stereocenters. The molecule has 0 aromatic rings. The minimum Gasteiger partial charge on any atom is -0.479 e. The van der Waals surface area contributed by atoms with Gasteiger partial charge in [-0.25, -0.2) is 0 Å². The van der Waals surface area contributed by atoms with E-state index < -0.39 is 0 Å². The Morgan fingerprint density at radius 3 is 1.90 bits per heavy atom. The third-order valence-electron chi connectivity index (χ3n) is 4.08. The normalized spacial score (nSPS) is 14.2. The lowest BCUT2D eigenvalue weighted by Crippen LogP contribution is -2.30. The molecule has 1 unspecified atom stereocenters. The smallest absolute Gasteiger partial charge is 0.229 e. The summed E-state index contributed by atoms with van der Waals surface area (Å²) in [7, 11) is 0. The van der Waals surface area contributed by atoms with Crippen LogP contribution in [0.4, 0.5) is 0 Å². The molecule has 0 saturated heterocycles. The highest BCUT2D eigenvalue weighted by molar-refractivity contribution is 5.78. The summed E-state index contributed by atoms with van der Waals surface area (Å²) >= 11 is 0. The van der Waals surface area contributed by atoms with E-state index in [9.17, 15) is 5.21 Å². The Kier molecular flexibility index (Phi) is 11.5. The maximum atomic E-state index is 9.18. The van der Waals surface area contributed by atoms with Gasteiger partial charge in [-0.15, -0.1) is 0 Å². The number of hydrogen-bond acceptors (Lipinski definition) is 3. The predicted octanol–water partition coefficient (Wildman–Crippen LogP) is 6.00. The molecule has 1 N–H and O–H groups in total. The zero-order valence-corrected chi connectivity index (χ0v) is 15.0. The minimum absolute atomic E-state index is 0.0673. The summed E-state index contributed by atoms with van der Waals surface area (Å²) in [5, 5.41) is 12.6. The fourth-order valence-electron chi connectivity index (χ4n) is 2.76. The molecule has 0 aliphatic rings. The Morgan fingerprint density at radius 2 is 1.48 bits per heavy atom. The van der Waals surface area contributed by atoms with E-state index in [-0.39, 0.29) is 11.3 Å². The Labute approximate surface area is 132 Å². The lowest BCUT2D eigenvalue weighted by Gasteiger charge is -2.30. The largest absolute Gasteiger partial charge is 0.479 e. The summed E-state index contributed by atoms with van der Waals surface area (Å²) in [6, 6.07) is 0. The third-order valence-corrected chi connectivity index (χ3v) is 4.08. The first-order valence-corrected chi connectivity index (χ1v) is 8.82. The summed E-state index contributed by atoms with van der Waals surface area (Å²) in [4.78, 5) is 0. The van der Waals surface area contributed by atoms with Crippen molar-refractivity contribution in [3.63, 3.8) is 0 Å². The van der Waals surface area contributed by atoms with E-state index in [1.54, 1.807) is 0 Å². The van der Waals surface area contributed by atoms with Gasteiger partial charge in [0.05, 0.1) is 6.61 Å². The second kappa shape index (κ2) is 11.9. The van der Waals surface area contributed by atoms with Crippen molar-refractivity contribution in [2.45, 2.75) is 92.4 Å². The van der Waals surface area contributed by atoms with Crippen LogP contribution in [0, 0.1) is 11.3 Å². The monoisotopic (exact) mass is 299 g/mol. The van der Waals surface area contributed by atoms with Crippen LogP contribution in [0.2, 0.25) is 0 Å². The number of unbranched alkanes of at least 4 members (excludes halogenated alkanes) is 7. The zero-order chi connectivity index (χ0) is 16.1. The molecule has 0 amide bonds. The maximum absolute atomic E-state index is 9.18. The van der Waals surface area contributed by atoms with Gasteiger partial charge in [-0.1, -0.05) is 84.2 Å². The standard InChI is InChI=1S/C18H37NO2/c1-6-8-9-10-11-12-13-14-15-16(18(3,4)5)17(19-20)21-7-2/h16,20H,6-15H2,1-5H3. The fourth-order valence-corrected chi connectivity index (χ4v) is 2.76. The van der Waals surface area contributed by atoms with Crippen molar-refractivity contribution in [2.75, 3.05) is 6.61 Å². The van der Waals surface area contributed by atoms with Gasteiger partial charge in [0.2, 0.25) is 5.90 Å². The highest BCUT2D eigenvalue weighted by Gasteiger charge is 2.30. The average molecular weight is 299 g/mol. The van der Waals surface area contributed by atoms with Crippen LogP contribution >= 0.6 is 0 Å². The van der Waals surface area contributed by atoms with Crippen LogP contribution in [0.3, 0.4) is 0 Å². The Bertz CT molecular complexity index is 269. The summed E-state index contributed by atoms with van der Waals surface area (Å²) < 4.78 is 5.50. The molecule has 0 aromatic carbocycles. The first-order valence-electron chi connectivity index (χ1n) is 8.82. The van der Waals surface area contributed by atoms with E-state index in [1.165, 1.54) is 51.4 Å². The predicted molar refractivity (Wildman–Crippen MR) is 91.0 cm³/mol. The molecule has 126 valence electrons. The molecule has 0 aliphatic carbocycles. The topological polar surface area (TPSA) is 41.8 Å². The van der Waals surface area contributed by atoms with Gasteiger partial charge >= 0.3 is 0 Å². The summed E-state index contributed by atoms with van der Waals surface area (Å²) in [6.07, 6.45) is 11.6. The molecule has 0 rings (SSSR count). The van der Waals surface area contributed by atoms with Crippen LogP contribution in [-0.2, 0) is 4.74 Å². The first kappa shape index (κ1) is 20.3. The van der Waals surface area contributed by atoms with Crippen LogP contribution in [0.25, 0.3) is 0 Å². The van der Waals surface area contributed by atoms with Gasteiger partial charge in [0.1, 0.15) is 0 Å². The lowest BCUT2D eigenvalue weighted by molar-refractivity contribution is 0.194. The molecule has 0 radical (unpaired) electrons. The molecule has 0 aromatic heterocycles. The molecule has 0 bridgehead atoms. The molecule has 3 heteroatoms. The molecule has 0 spiro atoms. The zero-order valence-electron chi connectivity index (χ0n) is 15.0. The number of rotatable bonds is 11. The minimum atomic E-state index is 0.0673. The van der Waals surface area contributed by atoms with E-state index in [4.69, 9.17) is 4.74 Å². The van der Waals surface area contributed by atoms with Gasteiger partial charge in [0.15, 0.2) is 0 Å². The van der Waals surface area contributed by atoms with E-state index in [0.717, 1.165) is 6.42 Å². The molecular formula is C18H37NO2. The molecular weight excluding hydrogens is 262 g/mol. The molecule has 3 nitrogen and oxygen atoms in total. The lowest BCUT2D eigenvalue weighted by atomic mass is 9.77. The first-order chi connectivity index (χ1) is 9.97. The molecule has 0 saturated carbocycles. The van der Waals surface area contributed by atoms with Crippen molar-refractivity contribution >= 4 is 5.90 Å². The van der Waals surface area contributed by atoms with Crippen LogP contribution in [0.15, 0.2) is 5.16 Å². The van der Waals surface area contributed by atoms with Gasteiger partial charge < -0.3 is 9.94 Å². The van der Waals surface area contributed by atoms with Crippen LogP contribution in [0.1, 0.15) is 92.4 Å². The summed E-state index contributed by atoms with van der Waals surface area (Å²) in [6.45, 7) is 11.3.